The summed E-state index contributed by atoms with van der Waals surface area (Å²) in [6.07, 6.45) is 2.24. The first-order valence-electron chi connectivity index (χ1n) is 6.40. The molecule has 0 aromatic heterocycles. The van der Waals surface area contributed by atoms with Gasteiger partial charge in [0, 0.05) is 13.1 Å². The van der Waals surface area contributed by atoms with Gasteiger partial charge in [-0.15, -0.1) is 0 Å². The van der Waals surface area contributed by atoms with Crippen LogP contribution >= 0.6 is 0 Å². The standard InChI is InChI=1S/C12H23N3O3/c1-4-10(11(16)17)15(3)12(18)13-9-5-7-14(2)8-6-9/h9-10H,4-8H2,1-3H3,(H,13,18)(H,16,17). The Balaban J connectivity index is 2.46. The minimum Gasteiger partial charge on any atom is -0.480 e. The topological polar surface area (TPSA) is 72.9 Å². The van der Waals surface area contributed by atoms with E-state index < -0.39 is 12.0 Å². The Labute approximate surface area is 108 Å². The molecular weight excluding hydrogens is 234 g/mol. The number of hydrogen-bond donors (Lipinski definition) is 2. The number of urea groups is 1. The first-order valence-corrected chi connectivity index (χ1v) is 6.40. The quantitative estimate of drug-likeness (QED) is 0.773. The smallest absolute Gasteiger partial charge is 0.326 e. The van der Waals surface area contributed by atoms with Crippen molar-refractivity contribution in [3.05, 3.63) is 0 Å². The SMILES string of the molecule is CCC(C(=O)O)N(C)C(=O)NC1CCN(C)CC1. The molecule has 18 heavy (non-hydrogen) atoms. The highest BCUT2D eigenvalue weighted by molar-refractivity contribution is 5.82. The summed E-state index contributed by atoms with van der Waals surface area (Å²) in [6, 6.07) is -0.891. The van der Waals surface area contributed by atoms with Crippen LogP contribution in [0.4, 0.5) is 4.79 Å². The molecule has 6 nitrogen and oxygen atoms in total. The molecule has 0 aliphatic carbocycles. The van der Waals surface area contributed by atoms with E-state index in [-0.39, 0.29) is 12.1 Å². The van der Waals surface area contributed by atoms with Crippen molar-refractivity contribution in [3.63, 3.8) is 0 Å². The van der Waals surface area contributed by atoms with Crippen molar-refractivity contribution in [2.24, 2.45) is 0 Å². The van der Waals surface area contributed by atoms with Crippen LogP contribution in [-0.4, -0.2) is 66.2 Å². The van der Waals surface area contributed by atoms with Gasteiger partial charge in [-0.2, -0.15) is 0 Å². The number of aliphatic carboxylic acids is 1. The van der Waals surface area contributed by atoms with E-state index in [1.54, 1.807) is 6.92 Å². The second-order valence-corrected chi connectivity index (χ2v) is 4.90. The molecule has 1 heterocycles. The molecule has 104 valence electrons. The molecule has 1 saturated heterocycles. The Bertz CT molecular complexity index is 301. The first-order chi connectivity index (χ1) is 8.45. The summed E-state index contributed by atoms with van der Waals surface area (Å²) in [5.74, 6) is -0.960. The van der Waals surface area contributed by atoms with Crippen molar-refractivity contribution in [3.8, 4) is 0 Å². The van der Waals surface area contributed by atoms with E-state index in [0.29, 0.717) is 6.42 Å². The van der Waals surface area contributed by atoms with Gasteiger partial charge in [0.15, 0.2) is 0 Å². The lowest BCUT2D eigenvalue weighted by Crippen LogP contribution is -2.51. The number of carbonyl (C=O) groups excluding carboxylic acids is 1. The maximum absolute atomic E-state index is 11.9. The molecule has 1 rings (SSSR count). The number of amides is 2. The minimum absolute atomic E-state index is 0.155. The zero-order valence-corrected chi connectivity index (χ0v) is 11.3. The fraction of sp³-hybridized carbons (Fsp3) is 0.833. The average Bonchev–Trinajstić information content (AvgIpc) is 2.32. The van der Waals surface area contributed by atoms with Gasteiger partial charge in [0.05, 0.1) is 0 Å². The van der Waals surface area contributed by atoms with Crippen LogP contribution in [0.1, 0.15) is 26.2 Å². The van der Waals surface area contributed by atoms with Crippen LogP contribution in [0.2, 0.25) is 0 Å². The highest BCUT2D eigenvalue weighted by atomic mass is 16.4. The molecule has 1 atom stereocenters. The van der Waals surface area contributed by atoms with Gasteiger partial charge >= 0.3 is 12.0 Å². The lowest BCUT2D eigenvalue weighted by Gasteiger charge is -2.32. The number of carbonyl (C=O) groups is 2. The van der Waals surface area contributed by atoms with Crippen molar-refractivity contribution in [2.75, 3.05) is 27.2 Å². The van der Waals surface area contributed by atoms with Gasteiger partial charge in [-0.05, 0) is 39.4 Å². The molecule has 2 N–H and O–H groups in total. The number of carboxylic acids is 1. The molecule has 0 aromatic carbocycles. The molecule has 6 heteroatoms. The molecule has 0 aromatic rings. The van der Waals surface area contributed by atoms with Crippen LogP contribution < -0.4 is 5.32 Å². The van der Waals surface area contributed by atoms with E-state index >= 15 is 0 Å². The van der Waals surface area contributed by atoms with Crippen LogP contribution in [0.15, 0.2) is 0 Å². The third kappa shape index (κ3) is 3.87. The van der Waals surface area contributed by atoms with Gasteiger partial charge in [0.2, 0.25) is 0 Å². The number of piperidine rings is 1. The van der Waals surface area contributed by atoms with Crippen molar-refractivity contribution < 1.29 is 14.7 Å². The van der Waals surface area contributed by atoms with E-state index in [9.17, 15) is 9.59 Å². The zero-order valence-electron chi connectivity index (χ0n) is 11.3. The van der Waals surface area contributed by atoms with E-state index in [4.69, 9.17) is 5.11 Å². The van der Waals surface area contributed by atoms with Gasteiger partial charge in [-0.1, -0.05) is 6.92 Å². The number of likely N-dealkylation sites (N-methyl/N-ethyl adjacent to an activating group) is 1. The normalized spacial score (nSPS) is 19.3. The molecule has 0 saturated carbocycles. The Kier molecular flexibility index (Phi) is 5.40. The second-order valence-electron chi connectivity index (χ2n) is 4.90. The third-order valence-corrected chi connectivity index (χ3v) is 3.51. The summed E-state index contributed by atoms with van der Waals surface area (Å²) in [4.78, 5) is 26.4. The summed E-state index contributed by atoms with van der Waals surface area (Å²) < 4.78 is 0. The Morgan fingerprint density at radius 2 is 2.00 bits per heavy atom. The maximum Gasteiger partial charge on any atom is 0.326 e. The van der Waals surface area contributed by atoms with Gasteiger partial charge in [-0.3, -0.25) is 0 Å². The van der Waals surface area contributed by atoms with Gasteiger partial charge in [0.25, 0.3) is 0 Å². The Morgan fingerprint density at radius 3 is 2.44 bits per heavy atom. The van der Waals surface area contributed by atoms with Gasteiger partial charge in [-0.25, -0.2) is 9.59 Å². The molecule has 2 amide bonds. The van der Waals surface area contributed by atoms with E-state index in [2.05, 4.69) is 17.3 Å². The summed E-state index contributed by atoms with van der Waals surface area (Å²) in [6.45, 7) is 3.69. The predicted molar refractivity (Wildman–Crippen MR) is 68.5 cm³/mol. The monoisotopic (exact) mass is 257 g/mol. The number of rotatable bonds is 4. The first kappa shape index (κ1) is 14.8. The fourth-order valence-corrected chi connectivity index (χ4v) is 2.19. The molecule has 1 fully saturated rings. The predicted octanol–water partition coefficient (Wildman–Crippen LogP) is 0.585. The summed E-state index contributed by atoms with van der Waals surface area (Å²) in [5.41, 5.74) is 0. The van der Waals surface area contributed by atoms with Crippen LogP contribution in [0.3, 0.4) is 0 Å². The van der Waals surface area contributed by atoms with E-state index in [1.807, 2.05) is 0 Å². The van der Waals surface area contributed by atoms with Crippen molar-refractivity contribution in [1.29, 1.82) is 0 Å². The van der Waals surface area contributed by atoms with E-state index in [1.165, 1.54) is 11.9 Å². The van der Waals surface area contributed by atoms with Crippen LogP contribution in [0.5, 0.6) is 0 Å². The summed E-state index contributed by atoms with van der Waals surface area (Å²) >= 11 is 0. The molecule has 1 aliphatic rings. The molecule has 0 bridgehead atoms. The maximum atomic E-state index is 11.9. The van der Waals surface area contributed by atoms with Crippen LogP contribution in [0.25, 0.3) is 0 Å². The van der Waals surface area contributed by atoms with Crippen molar-refractivity contribution in [2.45, 2.75) is 38.3 Å². The number of nitrogens with zero attached hydrogens (tertiary/aromatic N) is 2. The molecular formula is C12H23N3O3. The highest BCUT2D eigenvalue weighted by Gasteiger charge is 2.27. The average molecular weight is 257 g/mol. The van der Waals surface area contributed by atoms with Gasteiger partial charge in [0.1, 0.15) is 6.04 Å². The van der Waals surface area contributed by atoms with Crippen LogP contribution in [-0.2, 0) is 4.79 Å². The zero-order chi connectivity index (χ0) is 13.7. The Morgan fingerprint density at radius 1 is 1.44 bits per heavy atom. The lowest BCUT2D eigenvalue weighted by molar-refractivity contribution is -0.141. The van der Waals surface area contributed by atoms with Gasteiger partial charge < -0.3 is 20.2 Å². The molecule has 1 unspecified atom stereocenters. The highest BCUT2D eigenvalue weighted by Crippen LogP contribution is 2.09. The minimum atomic E-state index is -0.960. The number of likely N-dealkylation sites (tertiary alicyclic amines) is 1. The van der Waals surface area contributed by atoms with Crippen LogP contribution in [0, 0.1) is 0 Å². The van der Waals surface area contributed by atoms with Crippen molar-refractivity contribution in [1.82, 2.24) is 15.1 Å². The number of nitrogens with one attached hydrogen (secondary N) is 1. The van der Waals surface area contributed by atoms with Crippen molar-refractivity contribution >= 4 is 12.0 Å². The molecule has 0 spiro atoms. The second kappa shape index (κ2) is 6.58. The molecule has 0 radical (unpaired) electrons. The van der Waals surface area contributed by atoms with E-state index in [0.717, 1.165) is 25.9 Å². The summed E-state index contributed by atoms with van der Waals surface area (Å²) in [7, 11) is 3.59. The number of carboxylic acid groups (broad SMARTS) is 1. The molecule has 1 aliphatic heterocycles. The fourth-order valence-electron chi connectivity index (χ4n) is 2.19. The summed E-state index contributed by atoms with van der Waals surface area (Å²) in [5, 5.41) is 11.9. The third-order valence-electron chi connectivity index (χ3n) is 3.51. The number of hydrogen-bond acceptors (Lipinski definition) is 3. The largest absolute Gasteiger partial charge is 0.480 e. The Hall–Kier alpha value is -1.30. The lowest BCUT2D eigenvalue weighted by atomic mass is 10.1.